The van der Waals surface area contributed by atoms with Gasteiger partial charge in [-0.25, -0.2) is 0 Å². The number of piperazine rings is 1. The molecule has 1 aliphatic rings. The van der Waals surface area contributed by atoms with Crippen molar-refractivity contribution in [1.82, 2.24) is 10.2 Å². The average molecular weight is 387 g/mol. The Balaban J connectivity index is 1.94. The number of halogens is 4. The Morgan fingerprint density at radius 1 is 1.00 bits per heavy atom. The van der Waals surface area contributed by atoms with Gasteiger partial charge in [-0.15, -0.1) is 0 Å². The number of rotatable bonds is 4. The second-order valence-corrected chi connectivity index (χ2v) is 7.38. The highest BCUT2D eigenvalue weighted by molar-refractivity contribution is 7.99. The zero-order valence-corrected chi connectivity index (χ0v) is 15.0. The van der Waals surface area contributed by atoms with Crippen molar-refractivity contribution in [3.63, 3.8) is 0 Å². The molecule has 0 aromatic heterocycles. The van der Waals surface area contributed by atoms with E-state index in [1.807, 2.05) is 12.1 Å². The zero-order valence-electron chi connectivity index (χ0n) is 13.4. The van der Waals surface area contributed by atoms with Gasteiger partial charge in [-0.3, -0.25) is 4.90 Å². The second-order valence-electron chi connectivity index (χ2n) is 5.82. The molecule has 0 amide bonds. The van der Waals surface area contributed by atoms with Gasteiger partial charge in [0.2, 0.25) is 0 Å². The summed E-state index contributed by atoms with van der Waals surface area (Å²) >= 11 is 7.22. The molecule has 25 heavy (non-hydrogen) atoms. The summed E-state index contributed by atoms with van der Waals surface area (Å²) in [6.45, 7) is 1.90. The lowest BCUT2D eigenvalue weighted by atomic mass is 10.0. The predicted octanol–water partition coefficient (Wildman–Crippen LogP) is 5.00. The number of nitrogens with one attached hydrogen (secondary N) is 1. The molecular formula is C18H18ClF3N2S. The molecule has 2 nitrogen and oxygen atoms in total. The molecule has 1 N–H and O–H groups in total. The molecule has 0 spiro atoms. The van der Waals surface area contributed by atoms with E-state index in [2.05, 4.69) is 5.32 Å². The maximum absolute atomic E-state index is 13.9. The minimum absolute atomic E-state index is 0.303. The van der Waals surface area contributed by atoms with E-state index in [9.17, 15) is 13.2 Å². The van der Waals surface area contributed by atoms with Crippen LogP contribution in [0, 0.1) is 0 Å². The van der Waals surface area contributed by atoms with E-state index in [1.54, 1.807) is 36.4 Å². The Morgan fingerprint density at radius 3 is 2.28 bits per heavy atom. The molecule has 1 aliphatic heterocycles. The second kappa shape index (κ2) is 7.99. The summed E-state index contributed by atoms with van der Waals surface area (Å²) in [7, 11) is 0. The minimum atomic E-state index is -4.33. The van der Waals surface area contributed by atoms with Crippen LogP contribution in [0.3, 0.4) is 0 Å². The van der Waals surface area contributed by atoms with E-state index < -0.39 is 12.2 Å². The number of benzene rings is 2. The van der Waals surface area contributed by atoms with E-state index in [0.717, 1.165) is 4.90 Å². The van der Waals surface area contributed by atoms with E-state index in [-0.39, 0.29) is 0 Å². The zero-order chi connectivity index (χ0) is 17.9. The topological polar surface area (TPSA) is 15.3 Å². The fourth-order valence-corrected chi connectivity index (χ4v) is 4.05. The lowest BCUT2D eigenvalue weighted by Crippen LogP contribution is -2.49. The van der Waals surface area contributed by atoms with Crippen molar-refractivity contribution in [2.45, 2.75) is 22.0 Å². The van der Waals surface area contributed by atoms with Gasteiger partial charge in [-0.1, -0.05) is 41.6 Å². The quantitative estimate of drug-likeness (QED) is 0.796. The molecular weight excluding hydrogens is 369 g/mol. The molecule has 0 unspecified atom stereocenters. The molecule has 134 valence electrons. The highest BCUT2D eigenvalue weighted by atomic mass is 35.5. The molecule has 0 radical (unpaired) electrons. The minimum Gasteiger partial charge on any atom is -0.314 e. The van der Waals surface area contributed by atoms with Gasteiger partial charge in [-0.2, -0.15) is 13.2 Å². The maximum Gasteiger partial charge on any atom is 0.408 e. The van der Waals surface area contributed by atoms with Crippen LogP contribution in [0.15, 0.2) is 58.3 Å². The van der Waals surface area contributed by atoms with Crippen molar-refractivity contribution in [2.24, 2.45) is 0 Å². The summed E-state index contributed by atoms with van der Waals surface area (Å²) in [5, 5.41) is 3.71. The standard InChI is InChI=1S/C18H18ClF3N2S/c19-13-5-7-14(8-6-13)25-16-4-2-1-3-15(16)17(18(20,21)22)24-11-9-23-10-12-24/h1-8,17,23H,9-12H2/t17-/m1/s1. The molecule has 7 heteroatoms. The van der Waals surface area contributed by atoms with E-state index >= 15 is 0 Å². The maximum atomic E-state index is 13.9. The van der Waals surface area contributed by atoms with Crippen molar-refractivity contribution < 1.29 is 13.2 Å². The molecule has 2 aromatic rings. The number of hydrogen-bond acceptors (Lipinski definition) is 3. The van der Waals surface area contributed by atoms with Crippen molar-refractivity contribution >= 4 is 23.4 Å². The Kier molecular flexibility index (Phi) is 5.94. The van der Waals surface area contributed by atoms with Crippen LogP contribution >= 0.6 is 23.4 Å². The van der Waals surface area contributed by atoms with Crippen LogP contribution in [0.25, 0.3) is 0 Å². The van der Waals surface area contributed by atoms with Crippen molar-refractivity contribution in [3.8, 4) is 0 Å². The molecule has 0 saturated carbocycles. The first-order chi connectivity index (χ1) is 11.9. The van der Waals surface area contributed by atoms with E-state index in [1.165, 1.54) is 16.7 Å². The summed E-state index contributed by atoms with van der Waals surface area (Å²) in [4.78, 5) is 2.99. The highest BCUT2D eigenvalue weighted by Crippen LogP contribution is 2.43. The third kappa shape index (κ3) is 4.70. The van der Waals surface area contributed by atoms with Gasteiger partial charge in [0.15, 0.2) is 0 Å². The smallest absolute Gasteiger partial charge is 0.314 e. The van der Waals surface area contributed by atoms with E-state index in [0.29, 0.717) is 41.7 Å². The van der Waals surface area contributed by atoms with Crippen LogP contribution in [-0.2, 0) is 0 Å². The molecule has 0 bridgehead atoms. The average Bonchev–Trinajstić information content (AvgIpc) is 2.58. The first kappa shape index (κ1) is 18.6. The Bertz CT molecular complexity index is 700. The van der Waals surface area contributed by atoms with Gasteiger partial charge in [0.25, 0.3) is 0 Å². The Labute approximate surface area is 154 Å². The third-order valence-electron chi connectivity index (χ3n) is 4.08. The van der Waals surface area contributed by atoms with Gasteiger partial charge < -0.3 is 5.32 Å². The van der Waals surface area contributed by atoms with Crippen LogP contribution in [0.2, 0.25) is 5.02 Å². The fraction of sp³-hybridized carbons (Fsp3) is 0.333. The molecule has 1 atom stereocenters. The number of alkyl halides is 3. The summed E-state index contributed by atoms with van der Waals surface area (Å²) in [5.74, 6) is 0. The van der Waals surface area contributed by atoms with Gasteiger partial charge in [0, 0.05) is 41.0 Å². The first-order valence-corrected chi connectivity index (χ1v) is 9.18. The van der Waals surface area contributed by atoms with Crippen LogP contribution in [-0.4, -0.2) is 37.3 Å². The summed E-state index contributed by atoms with van der Waals surface area (Å²) in [5.41, 5.74) is 0.303. The van der Waals surface area contributed by atoms with Gasteiger partial charge in [0.05, 0.1) is 0 Å². The van der Waals surface area contributed by atoms with Crippen molar-refractivity contribution in [2.75, 3.05) is 26.2 Å². The van der Waals surface area contributed by atoms with Gasteiger partial charge in [0.1, 0.15) is 6.04 Å². The number of hydrogen-bond donors (Lipinski definition) is 1. The van der Waals surface area contributed by atoms with Crippen LogP contribution in [0.1, 0.15) is 11.6 Å². The van der Waals surface area contributed by atoms with E-state index in [4.69, 9.17) is 11.6 Å². The number of nitrogens with zero attached hydrogens (tertiary/aromatic N) is 1. The SMILES string of the molecule is FC(F)(F)[C@@H](c1ccccc1Sc1ccc(Cl)cc1)N1CCNCC1. The van der Waals surface area contributed by atoms with Gasteiger partial charge >= 0.3 is 6.18 Å². The van der Waals surface area contributed by atoms with Crippen LogP contribution in [0.5, 0.6) is 0 Å². The fourth-order valence-electron chi connectivity index (χ4n) is 2.95. The van der Waals surface area contributed by atoms with Crippen molar-refractivity contribution in [3.05, 3.63) is 59.1 Å². The van der Waals surface area contributed by atoms with Gasteiger partial charge in [-0.05, 0) is 35.9 Å². The molecule has 1 heterocycles. The Morgan fingerprint density at radius 2 is 1.64 bits per heavy atom. The molecule has 2 aromatic carbocycles. The monoisotopic (exact) mass is 386 g/mol. The van der Waals surface area contributed by atoms with Crippen LogP contribution < -0.4 is 5.32 Å². The predicted molar refractivity (Wildman–Crippen MR) is 95.3 cm³/mol. The molecule has 1 fully saturated rings. The summed E-state index contributed by atoms with van der Waals surface area (Å²) in [6, 6.07) is 12.3. The molecule has 1 saturated heterocycles. The van der Waals surface area contributed by atoms with Crippen LogP contribution in [0.4, 0.5) is 13.2 Å². The van der Waals surface area contributed by atoms with Crippen molar-refractivity contribution in [1.29, 1.82) is 0 Å². The third-order valence-corrected chi connectivity index (χ3v) is 5.43. The normalized spacial score (nSPS) is 17.4. The lowest BCUT2D eigenvalue weighted by molar-refractivity contribution is -0.188. The lowest BCUT2D eigenvalue weighted by Gasteiger charge is -2.36. The Hall–Kier alpha value is -1.21. The highest BCUT2D eigenvalue weighted by Gasteiger charge is 2.45. The first-order valence-electron chi connectivity index (χ1n) is 7.99. The summed E-state index contributed by atoms with van der Waals surface area (Å²) in [6.07, 6.45) is -4.33. The molecule has 0 aliphatic carbocycles. The molecule has 3 rings (SSSR count). The largest absolute Gasteiger partial charge is 0.408 e. The summed E-state index contributed by atoms with van der Waals surface area (Å²) < 4.78 is 41.6.